The number of H-pyrrole nitrogens is 1. The van der Waals surface area contributed by atoms with Gasteiger partial charge in [-0.05, 0) is 39.8 Å². The Morgan fingerprint density at radius 1 is 1.24 bits per heavy atom. The quantitative estimate of drug-likeness (QED) is 0.360. The first kappa shape index (κ1) is 19.9. The molecule has 2 aromatic heterocycles. The minimum atomic E-state index is -3.82. The zero-order valence-electron chi connectivity index (χ0n) is 14.8. The number of fused-ring (bicyclic) bond motifs is 1. The van der Waals surface area contributed by atoms with E-state index in [2.05, 4.69) is 25.6 Å². The van der Waals surface area contributed by atoms with Crippen molar-refractivity contribution in [1.29, 1.82) is 0 Å². The molecular formula is C16H15N7O3S3. The second-order valence-electron chi connectivity index (χ2n) is 6.01. The third-order valence-electron chi connectivity index (χ3n) is 4.27. The van der Waals surface area contributed by atoms with Gasteiger partial charge in [-0.3, -0.25) is 0 Å². The molecule has 4 rings (SSSR count). The summed E-state index contributed by atoms with van der Waals surface area (Å²) in [5, 5.41) is 19.3. The number of hydrogen-bond acceptors (Lipinski definition) is 10. The molecule has 13 heteroatoms. The van der Waals surface area contributed by atoms with Gasteiger partial charge in [0.25, 0.3) is 0 Å². The molecule has 1 atom stereocenters. The number of hydrogen-bond donors (Lipinski definition) is 3. The molecule has 10 nitrogen and oxygen atoms in total. The molecule has 0 saturated carbocycles. The van der Waals surface area contributed by atoms with Gasteiger partial charge in [0, 0.05) is 6.54 Å². The van der Waals surface area contributed by atoms with E-state index >= 15 is 0 Å². The summed E-state index contributed by atoms with van der Waals surface area (Å²) < 4.78 is 38.9. The summed E-state index contributed by atoms with van der Waals surface area (Å²) in [6, 6.07) is 8.62. The van der Waals surface area contributed by atoms with Crippen LogP contribution in [0.5, 0.6) is 0 Å². The molecule has 0 radical (unpaired) electrons. The predicted molar refractivity (Wildman–Crippen MR) is 110 cm³/mol. The maximum Gasteiger partial charge on any atom is 0.203 e. The van der Waals surface area contributed by atoms with Crippen molar-refractivity contribution in [2.24, 2.45) is 10.9 Å². The number of aromatic nitrogens is 5. The Balaban J connectivity index is 2.05. The average Bonchev–Trinajstić information content (AvgIpc) is 3.37. The van der Waals surface area contributed by atoms with E-state index in [4.69, 9.17) is 10.9 Å². The first-order chi connectivity index (χ1) is 13.9. The molecule has 0 aliphatic carbocycles. The normalized spacial score (nSPS) is 13.1. The van der Waals surface area contributed by atoms with E-state index in [1.807, 2.05) is 18.2 Å². The summed E-state index contributed by atoms with van der Waals surface area (Å²) in [6.07, 6.45) is 0. The summed E-state index contributed by atoms with van der Waals surface area (Å²) >= 11 is -0.636. The average molecular weight is 450 g/mol. The van der Waals surface area contributed by atoms with E-state index in [0.29, 0.717) is 5.56 Å². The molecule has 0 amide bonds. The van der Waals surface area contributed by atoms with Crippen LogP contribution < -0.4 is 10.9 Å². The summed E-state index contributed by atoms with van der Waals surface area (Å²) in [4.78, 5) is 4.08. The monoisotopic (exact) mass is 449 g/mol. The van der Waals surface area contributed by atoms with E-state index in [1.165, 1.54) is 17.4 Å². The van der Waals surface area contributed by atoms with Gasteiger partial charge in [0.05, 0.1) is 38.4 Å². The molecule has 4 aromatic rings. The fourth-order valence-electron chi connectivity index (χ4n) is 3.04. The molecule has 2 heterocycles. The van der Waals surface area contributed by atoms with E-state index in [-0.39, 0.29) is 33.5 Å². The SMILES string of the molecule is NCCS(=O)(=O)c1ccc(-c2ccc3scnc3c2)c(-c2nnn[nH]2)c1[S+](N)[O-]. The van der Waals surface area contributed by atoms with Gasteiger partial charge in [-0.15, -0.1) is 21.6 Å². The highest BCUT2D eigenvalue weighted by Crippen LogP contribution is 2.39. The Bertz CT molecular complexity index is 1270. The van der Waals surface area contributed by atoms with Crippen LogP contribution in [0.15, 0.2) is 45.6 Å². The number of nitrogens with one attached hydrogen (secondary N) is 1. The molecule has 0 aliphatic rings. The van der Waals surface area contributed by atoms with Gasteiger partial charge in [-0.1, -0.05) is 12.1 Å². The standard InChI is InChI=1S/C16H15N7O3S3/c17-5-6-29(25,26)13-4-2-10(9-1-3-12-11(7-9)19-8-27-12)14(15(13)28(18)24)16-20-22-23-21-16/h1-4,7-8H,5-6,17-18H2,(H,20,21,22,23). The van der Waals surface area contributed by atoms with Crippen molar-refractivity contribution >= 4 is 42.8 Å². The fraction of sp³-hybridized carbons (Fsp3) is 0.125. The molecule has 0 fully saturated rings. The fourth-order valence-corrected chi connectivity index (χ4v) is 6.19. The van der Waals surface area contributed by atoms with Crippen LogP contribution in [0.1, 0.15) is 0 Å². The molecule has 5 N–H and O–H groups in total. The van der Waals surface area contributed by atoms with Crippen molar-refractivity contribution in [2.45, 2.75) is 9.79 Å². The smallest absolute Gasteiger partial charge is 0.203 e. The van der Waals surface area contributed by atoms with Gasteiger partial charge >= 0.3 is 0 Å². The number of tetrazole rings is 1. The Labute approximate surface area is 172 Å². The maximum atomic E-state index is 12.7. The Morgan fingerprint density at radius 2 is 2.07 bits per heavy atom. The second-order valence-corrected chi connectivity index (χ2v) is 9.97. The highest BCUT2D eigenvalue weighted by molar-refractivity contribution is 7.93. The van der Waals surface area contributed by atoms with Gasteiger partial charge < -0.3 is 10.3 Å². The molecular weight excluding hydrogens is 434 g/mol. The molecule has 0 bridgehead atoms. The summed E-state index contributed by atoms with van der Waals surface area (Å²) in [6.45, 7) is -0.0829. The van der Waals surface area contributed by atoms with Crippen LogP contribution in [0.25, 0.3) is 32.7 Å². The minimum Gasteiger partial charge on any atom is -0.593 e. The highest BCUT2D eigenvalue weighted by Gasteiger charge is 2.32. The molecule has 29 heavy (non-hydrogen) atoms. The zero-order chi connectivity index (χ0) is 20.6. The number of aromatic amines is 1. The highest BCUT2D eigenvalue weighted by atomic mass is 32.2. The Hall–Kier alpha value is -2.42. The van der Waals surface area contributed by atoms with Crippen molar-refractivity contribution in [1.82, 2.24) is 25.6 Å². The van der Waals surface area contributed by atoms with Crippen LogP contribution in [0.3, 0.4) is 0 Å². The first-order valence-electron chi connectivity index (χ1n) is 8.26. The van der Waals surface area contributed by atoms with Crippen molar-refractivity contribution < 1.29 is 13.0 Å². The number of nitrogens with two attached hydrogens (primary N) is 2. The number of benzene rings is 2. The number of thiazole rings is 1. The van der Waals surface area contributed by atoms with Crippen LogP contribution in [0.2, 0.25) is 0 Å². The predicted octanol–water partition coefficient (Wildman–Crippen LogP) is 0.857. The van der Waals surface area contributed by atoms with Crippen LogP contribution in [-0.2, 0) is 21.2 Å². The zero-order valence-corrected chi connectivity index (χ0v) is 17.2. The van der Waals surface area contributed by atoms with E-state index in [1.54, 1.807) is 11.6 Å². The van der Waals surface area contributed by atoms with Crippen molar-refractivity contribution in [3.8, 4) is 22.5 Å². The van der Waals surface area contributed by atoms with Gasteiger partial charge in [0.15, 0.2) is 15.7 Å². The van der Waals surface area contributed by atoms with Crippen molar-refractivity contribution in [2.75, 3.05) is 12.3 Å². The molecule has 0 spiro atoms. The molecule has 1 unspecified atom stereocenters. The molecule has 0 aliphatic heterocycles. The Morgan fingerprint density at radius 3 is 2.76 bits per heavy atom. The third-order valence-corrected chi connectivity index (χ3v) is 7.82. The van der Waals surface area contributed by atoms with Crippen LogP contribution in [-0.4, -0.2) is 50.9 Å². The lowest BCUT2D eigenvalue weighted by Crippen LogP contribution is -2.22. The topological polar surface area (TPSA) is 177 Å². The first-order valence-corrected chi connectivity index (χ1v) is 12.0. The summed E-state index contributed by atoms with van der Waals surface area (Å²) in [7, 11) is -3.82. The van der Waals surface area contributed by atoms with Gasteiger partial charge in [-0.2, -0.15) is 0 Å². The molecule has 2 aromatic carbocycles. The maximum absolute atomic E-state index is 12.7. The second kappa shape index (κ2) is 7.78. The summed E-state index contributed by atoms with van der Waals surface area (Å²) in [5.74, 6) is -0.160. The van der Waals surface area contributed by atoms with E-state index in [0.717, 1.165) is 15.8 Å². The minimum absolute atomic E-state index is 0.0760. The van der Waals surface area contributed by atoms with Gasteiger partial charge in [0.1, 0.15) is 4.90 Å². The third kappa shape index (κ3) is 3.63. The summed E-state index contributed by atoms with van der Waals surface area (Å²) in [5.41, 5.74) is 9.51. The Kier molecular flexibility index (Phi) is 5.33. The lowest BCUT2D eigenvalue weighted by atomic mass is 9.99. The number of rotatable bonds is 6. The lowest BCUT2D eigenvalue weighted by Gasteiger charge is -2.16. The van der Waals surface area contributed by atoms with Gasteiger partial charge in [0.2, 0.25) is 4.90 Å². The van der Waals surface area contributed by atoms with Crippen LogP contribution in [0.4, 0.5) is 0 Å². The lowest BCUT2D eigenvalue weighted by molar-refractivity contribution is 0.583. The van der Waals surface area contributed by atoms with Crippen molar-refractivity contribution in [3.63, 3.8) is 0 Å². The van der Waals surface area contributed by atoms with Gasteiger partial charge in [-0.25, -0.2) is 18.5 Å². The van der Waals surface area contributed by atoms with Crippen LogP contribution in [0, 0.1) is 0 Å². The molecule has 0 saturated heterocycles. The van der Waals surface area contributed by atoms with E-state index < -0.39 is 21.2 Å². The number of sulfone groups is 1. The van der Waals surface area contributed by atoms with E-state index in [9.17, 15) is 13.0 Å². The van der Waals surface area contributed by atoms with Crippen LogP contribution >= 0.6 is 11.3 Å². The number of nitrogens with zero attached hydrogens (tertiary/aromatic N) is 4. The molecule has 150 valence electrons. The van der Waals surface area contributed by atoms with Crippen molar-refractivity contribution in [3.05, 3.63) is 35.8 Å². The largest absolute Gasteiger partial charge is 0.593 e.